The first-order chi connectivity index (χ1) is 13.1. The molecule has 0 bridgehead atoms. The van der Waals surface area contributed by atoms with E-state index in [9.17, 15) is 9.90 Å². The van der Waals surface area contributed by atoms with Crippen LogP contribution in [-0.2, 0) is 13.0 Å². The first kappa shape index (κ1) is 17.7. The van der Waals surface area contributed by atoms with Crippen LogP contribution in [-0.4, -0.2) is 27.4 Å². The number of nitrogens with zero attached hydrogens (tertiary/aromatic N) is 2. The lowest BCUT2D eigenvalue weighted by atomic mass is 10.1. The Morgan fingerprint density at radius 1 is 1.19 bits per heavy atom. The lowest BCUT2D eigenvalue weighted by Crippen LogP contribution is -2.30. The molecular formula is C21H20N2O3S. The standard InChI is InChI=1S/C21H20N2O3S/c1-2-18-10-19-20(27-18)22-13-23(21(19)25)11-16(24)12-26-17-8-7-14-5-3-4-6-15(14)9-17/h3-10,13,16,24H,2,11-12H2,1H3. The second kappa shape index (κ2) is 7.50. The largest absolute Gasteiger partial charge is 0.491 e. The molecule has 4 aromatic rings. The molecule has 138 valence electrons. The second-order valence-corrected chi connectivity index (χ2v) is 7.58. The van der Waals surface area contributed by atoms with Gasteiger partial charge in [0, 0.05) is 4.88 Å². The van der Waals surface area contributed by atoms with E-state index in [-0.39, 0.29) is 18.7 Å². The van der Waals surface area contributed by atoms with Gasteiger partial charge in [-0.25, -0.2) is 4.98 Å². The number of rotatable bonds is 6. The Labute approximate surface area is 160 Å². The number of hydrogen-bond donors (Lipinski definition) is 1. The van der Waals surface area contributed by atoms with Crippen molar-refractivity contribution in [3.8, 4) is 5.75 Å². The molecule has 2 heterocycles. The van der Waals surface area contributed by atoms with Crippen LogP contribution in [0.15, 0.2) is 59.7 Å². The van der Waals surface area contributed by atoms with E-state index in [2.05, 4.69) is 11.9 Å². The zero-order valence-corrected chi connectivity index (χ0v) is 15.8. The van der Waals surface area contributed by atoms with E-state index in [1.54, 1.807) is 0 Å². The summed E-state index contributed by atoms with van der Waals surface area (Å²) in [6.07, 6.45) is 1.57. The van der Waals surface area contributed by atoms with Crippen LogP contribution in [0, 0.1) is 0 Å². The molecule has 2 aromatic heterocycles. The summed E-state index contributed by atoms with van der Waals surface area (Å²) in [7, 11) is 0. The summed E-state index contributed by atoms with van der Waals surface area (Å²) in [4.78, 5) is 18.8. The van der Waals surface area contributed by atoms with E-state index in [0.29, 0.717) is 11.1 Å². The van der Waals surface area contributed by atoms with Crippen molar-refractivity contribution in [2.24, 2.45) is 0 Å². The number of ether oxygens (including phenoxy) is 1. The van der Waals surface area contributed by atoms with Crippen LogP contribution in [0.1, 0.15) is 11.8 Å². The van der Waals surface area contributed by atoms with Gasteiger partial charge in [0.25, 0.3) is 5.56 Å². The Balaban J connectivity index is 1.45. The van der Waals surface area contributed by atoms with Crippen LogP contribution in [0.5, 0.6) is 5.75 Å². The SMILES string of the molecule is CCc1cc2c(=O)n(CC(O)COc3ccc4ccccc4c3)cnc2s1. The van der Waals surface area contributed by atoms with Gasteiger partial charge in [-0.1, -0.05) is 37.3 Å². The first-order valence-corrected chi connectivity index (χ1v) is 9.73. The Bertz CT molecular complexity index is 1150. The minimum absolute atomic E-state index is 0.104. The summed E-state index contributed by atoms with van der Waals surface area (Å²) in [5, 5.41) is 13.1. The molecule has 6 heteroatoms. The van der Waals surface area contributed by atoms with Gasteiger partial charge in [0.15, 0.2) is 0 Å². The number of aliphatic hydroxyl groups excluding tert-OH is 1. The van der Waals surface area contributed by atoms with Crippen molar-refractivity contribution < 1.29 is 9.84 Å². The highest BCUT2D eigenvalue weighted by Crippen LogP contribution is 2.22. The van der Waals surface area contributed by atoms with Crippen molar-refractivity contribution in [3.63, 3.8) is 0 Å². The maximum absolute atomic E-state index is 12.6. The number of hydrogen-bond acceptors (Lipinski definition) is 5. The number of thiophene rings is 1. The summed E-state index contributed by atoms with van der Waals surface area (Å²) in [6, 6.07) is 15.7. The van der Waals surface area contributed by atoms with Crippen molar-refractivity contribution in [2.45, 2.75) is 26.0 Å². The Hall–Kier alpha value is -2.70. The minimum Gasteiger partial charge on any atom is -0.491 e. The summed E-state index contributed by atoms with van der Waals surface area (Å²) < 4.78 is 7.16. The summed E-state index contributed by atoms with van der Waals surface area (Å²) in [5.41, 5.74) is -0.124. The van der Waals surface area contributed by atoms with Crippen LogP contribution in [0.4, 0.5) is 0 Å². The fourth-order valence-corrected chi connectivity index (χ4v) is 3.97. The Kier molecular flexibility index (Phi) is 4.92. The monoisotopic (exact) mass is 380 g/mol. The van der Waals surface area contributed by atoms with Crippen LogP contribution in [0.2, 0.25) is 0 Å². The molecule has 0 saturated heterocycles. The zero-order valence-electron chi connectivity index (χ0n) is 15.0. The van der Waals surface area contributed by atoms with E-state index in [1.165, 1.54) is 22.2 Å². The molecule has 1 atom stereocenters. The number of aliphatic hydroxyl groups is 1. The topological polar surface area (TPSA) is 64.4 Å². The molecule has 0 aliphatic heterocycles. The number of fused-ring (bicyclic) bond motifs is 2. The number of aryl methyl sites for hydroxylation is 1. The lowest BCUT2D eigenvalue weighted by molar-refractivity contribution is 0.0915. The second-order valence-electron chi connectivity index (χ2n) is 6.46. The van der Waals surface area contributed by atoms with E-state index >= 15 is 0 Å². The Morgan fingerprint density at radius 2 is 2.00 bits per heavy atom. The molecule has 1 unspecified atom stereocenters. The van der Waals surface area contributed by atoms with Gasteiger partial charge in [-0.2, -0.15) is 0 Å². The van der Waals surface area contributed by atoms with Crippen molar-refractivity contribution >= 4 is 32.3 Å². The highest BCUT2D eigenvalue weighted by atomic mass is 32.1. The van der Waals surface area contributed by atoms with E-state index < -0.39 is 6.10 Å². The Morgan fingerprint density at radius 3 is 2.81 bits per heavy atom. The fourth-order valence-electron chi connectivity index (χ4n) is 3.04. The normalized spacial score (nSPS) is 12.5. The van der Waals surface area contributed by atoms with Gasteiger partial charge in [0.2, 0.25) is 0 Å². The molecule has 1 N–H and O–H groups in total. The summed E-state index contributed by atoms with van der Waals surface area (Å²) in [5.74, 6) is 0.694. The smallest absolute Gasteiger partial charge is 0.262 e. The maximum atomic E-state index is 12.6. The first-order valence-electron chi connectivity index (χ1n) is 8.91. The zero-order chi connectivity index (χ0) is 18.8. The van der Waals surface area contributed by atoms with Crippen LogP contribution >= 0.6 is 11.3 Å². The third kappa shape index (κ3) is 3.72. The van der Waals surface area contributed by atoms with Gasteiger partial charge in [0.1, 0.15) is 23.3 Å². The molecule has 0 aliphatic carbocycles. The minimum atomic E-state index is -0.808. The average Bonchev–Trinajstić information content (AvgIpc) is 3.13. The van der Waals surface area contributed by atoms with E-state index in [0.717, 1.165) is 26.9 Å². The molecule has 4 rings (SSSR count). The molecule has 27 heavy (non-hydrogen) atoms. The maximum Gasteiger partial charge on any atom is 0.262 e. The third-order valence-electron chi connectivity index (χ3n) is 4.49. The van der Waals surface area contributed by atoms with Crippen molar-refractivity contribution in [1.29, 1.82) is 0 Å². The predicted molar refractivity (Wildman–Crippen MR) is 109 cm³/mol. The molecule has 0 radical (unpaired) electrons. The average molecular weight is 380 g/mol. The van der Waals surface area contributed by atoms with Gasteiger partial charge in [-0.05, 0) is 35.4 Å². The lowest BCUT2D eigenvalue weighted by Gasteiger charge is -2.14. The van der Waals surface area contributed by atoms with E-state index in [1.807, 2.05) is 48.5 Å². The van der Waals surface area contributed by atoms with Gasteiger partial charge < -0.3 is 9.84 Å². The number of aromatic nitrogens is 2. The van der Waals surface area contributed by atoms with Crippen molar-refractivity contribution in [2.75, 3.05) is 6.61 Å². The van der Waals surface area contributed by atoms with Gasteiger partial charge >= 0.3 is 0 Å². The number of benzene rings is 2. The fraction of sp³-hybridized carbons (Fsp3) is 0.238. The highest BCUT2D eigenvalue weighted by molar-refractivity contribution is 7.18. The molecular weight excluding hydrogens is 360 g/mol. The van der Waals surface area contributed by atoms with E-state index in [4.69, 9.17) is 4.74 Å². The molecule has 5 nitrogen and oxygen atoms in total. The summed E-state index contributed by atoms with van der Waals surface area (Å²) >= 11 is 1.54. The van der Waals surface area contributed by atoms with Crippen molar-refractivity contribution in [3.05, 3.63) is 70.1 Å². The highest BCUT2D eigenvalue weighted by Gasteiger charge is 2.12. The molecule has 0 amide bonds. The predicted octanol–water partition coefficient (Wildman–Crippen LogP) is 3.61. The third-order valence-corrected chi connectivity index (χ3v) is 5.68. The van der Waals surface area contributed by atoms with Gasteiger partial charge in [0.05, 0.1) is 18.3 Å². The molecule has 2 aromatic carbocycles. The van der Waals surface area contributed by atoms with Crippen LogP contribution in [0.25, 0.3) is 21.0 Å². The van der Waals surface area contributed by atoms with Gasteiger partial charge in [-0.3, -0.25) is 9.36 Å². The summed E-state index contributed by atoms with van der Waals surface area (Å²) in [6.45, 7) is 2.30. The molecule has 0 fully saturated rings. The quantitative estimate of drug-likeness (QED) is 0.555. The molecule has 0 saturated carbocycles. The van der Waals surface area contributed by atoms with Crippen molar-refractivity contribution in [1.82, 2.24) is 9.55 Å². The van der Waals surface area contributed by atoms with Crippen LogP contribution < -0.4 is 10.3 Å². The van der Waals surface area contributed by atoms with Crippen LogP contribution in [0.3, 0.4) is 0 Å². The molecule has 0 aliphatic rings. The molecule has 0 spiro atoms. The van der Waals surface area contributed by atoms with Gasteiger partial charge in [-0.15, -0.1) is 11.3 Å².